The number of halogens is 2. The molecule has 1 aromatic heterocycles. The Bertz CT molecular complexity index is 681. The van der Waals surface area contributed by atoms with Crippen LogP contribution in [0, 0.1) is 11.6 Å². The van der Waals surface area contributed by atoms with Crippen molar-refractivity contribution < 1.29 is 23.0 Å². The molecule has 0 radical (unpaired) electrons. The molecule has 1 heterocycles. The molecule has 5 nitrogen and oxygen atoms in total. The van der Waals surface area contributed by atoms with Gasteiger partial charge in [0.2, 0.25) is 5.43 Å². The first-order valence-corrected chi connectivity index (χ1v) is 4.79. The number of hydrogen-bond donors (Lipinski definition) is 1. The summed E-state index contributed by atoms with van der Waals surface area (Å²) < 4.78 is 34.7. The number of carbonyl (C=O) groups is 1. The Morgan fingerprint density at radius 3 is 2.61 bits per heavy atom. The zero-order chi connectivity index (χ0) is 13.3. The summed E-state index contributed by atoms with van der Waals surface area (Å²) in [5.74, 6) is -2.61. The van der Waals surface area contributed by atoms with Gasteiger partial charge in [-0.25, -0.2) is 13.6 Å². The number of rotatable bonds is 1. The van der Waals surface area contributed by atoms with E-state index in [0.717, 1.165) is 25.4 Å². The van der Waals surface area contributed by atoms with E-state index >= 15 is 0 Å². The summed E-state index contributed by atoms with van der Waals surface area (Å²) in [5, 5.41) is -0.129. The fraction of sp³-hybridized carbons (Fsp3) is 0.0909. The molecule has 0 bridgehead atoms. The van der Waals surface area contributed by atoms with Crippen LogP contribution in [-0.2, 0) is 4.74 Å². The minimum atomic E-state index is -1.16. The first kappa shape index (κ1) is 12.0. The second-order valence-corrected chi connectivity index (χ2v) is 3.35. The summed E-state index contributed by atoms with van der Waals surface area (Å²) in [6, 6.07) is 1.57. The van der Waals surface area contributed by atoms with E-state index in [2.05, 4.69) is 14.5 Å². The van der Waals surface area contributed by atoms with E-state index in [0.29, 0.717) is 0 Å². The number of pyridine rings is 1. The number of nitrogens with one attached hydrogen (secondary N) is 1. The van der Waals surface area contributed by atoms with Gasteiger partial charge < -0.3 is 14.5 Å². The highest BCUT2D eigenvalue weighted by molar-refractivity contribution is 5.80. The van der Waals surface area contributed by atoms with Gasteiger partial charge in [-0.1, -0.05) is 0 Å². The van der Waals surface area contributed by atoms with Crippen LogP contribution < -0.4 is 10.2 Å². The predicted molar refractivity (Wildman–Crippen MR) is 57.5 cm³/mol. The normalized spacial score (nSPS) is 10.4. The molecule has 0 aliphatic carbocycles. The maximum Gasteiger partial charge on any atom is 0.513 e. The van der Waals surface area contributed by atoms with Crippen molar-refractivity contribution in [2.75, 3.05) is 7.11 Å². The minimum Gasteiger partial charge on any atom is -0.437 e. The van der Waals surface area contributed by atoms with Crippen molar-refractivity contribution in [3.63, 3.8) is 0 Å². The number of fused-ring (bicyclic) bond motifs is 1. The van der Waals surface area contributed by atoms with Crippen molar-refractivity contribution in [2.45, 2.75) is 0 Å². The Morgan fingerprint density at radius 1 is 1.28 bits per heavy atom. The van der Waals surface area contributed by atoms with E-state index in [9.17, 15) is 18.4 Å². The van der Waals surface area contributed by atoms with Crippen molar-refractivity contribution in [2.24, 2.45) is 0 Å². The fourth-order valence-corrected chi connectivity index (χ4v) is 1.40. The highest BCUT2D eigenvalue weighted by Crippen LogP contribution is 2.16. The molecular weight excluding hydrogens is 248 g/mol. The Morgan fingerprint density at radius 2 is 1.94 bits per heavy atom. The molecule has 2 aromatic rings. The van der Waals surface area contributed by atoms with E-state index in [1.165, 1.54) is 0 Å². The molecule has 0 amide bonds. The molecule has 7 heteroatoms. The van der Waals surface area contributed by atoms with Gasteiger partial charge in [-0.15, -0.1) is 0 Å². The predicted octanol–water partition coefficient (Wildman–Crippen LogP) is 1.95. The molecule has 0 spiro atoms. The maximum atomic E-state index is 13.0. The van der Waals surface area contributed by atoms with Crippen molar-refractivity contribution in [3.05, 3.63) is 40.2 Å². The molecule has 1 N–H and O–H groups in total. The number of H-pyrrole nitrogens is 1. The van der Waals surface area contributed by atoms with Gasteiger partial charge in [0.1, 0.15) is 0 Å². The van der Waals surface area contributed by atoms with Crippen LogP contribution in [-0.4, -0.2) is 18.2 Å². The molecule has 0 saturated carbocycles. The number of carbonyl (C=O) groups excluding carboxylic acids is 1. The van der Waals surface area contributed by atoms with Crippen LogP contribution in [0.4, 0.5) is 13.6 Å². The standard InChI is InChI=1S/C11H7F2NO4/c1-17-11(16)18-9-4-14-8-3-7(13)6(12)2-5(8)10(9)15/h2-4H,1H3,(H,14,15). The lowest BCUT2D eigenvalue weighted by Gasteiger charge is -2.04. The topological polar surface area (TPSA) is 68.4 Å². The number of methoxy groups -OCH3 is 1. The molecule has 0 unspecified atom stereocenters. The third-order valence-electron chi connectivity index (χ3n) is 2.25. The Labute approximate surface area is 98.9 Å². The molecule has 18 heavy (non-hydrogen) atoms. The van der Waals surface area contributed by atoms with Gasteiger partial charge in [0, 0.05) is 12.3 Å². The molecule has 0 atom stereocenters. The number of ether oxygens (including phenoxy) is 2. The third kappa shape index (κ3) is 2.02. The first-order valence-electron chi connectivity index (χ1n) is 4.79. The molecule has 94 valence electrons. The summed E-state index contributed by atoms with van der Waals surface area (Å²) in [5.41, 5.74) is -0.649. The summed E-state index contributed by atoms with van der Waals surface area (Å²) in [6.45, 7) is 0. The van der Waals surface area contributed by atoms with E-state index in [-0.39, 0.29) is 16.7 Å². The summed E-state index contributed by atoms with van der Waals surface area (Å²) in [4.78, 5) is 25.2. The largest absolute Gasteiger partial charge is 0.513 e. The highest BCUT2D eigenvalue weighted by atomic mass is 19.2. The minimum absolute atomic E-state index is 0.0936. The highest BCUT2D eigenvalue weighted by Gasteiger charge is 2.13. The number of aromatic nitrogens is 1. The second-order valence-electron chi connectivity index (χ2n) is 3.35. The van der Waals surface area contributed by atoms with Gasteiger partial charge in [-0.2, -0.15) is 0 Å². The van der Waals surface area contributed by atoms with Crippen molar-refractivity contribution >= 4 is 17.1 Å². The van der Waals surface area contributed by atoms with Gasteiger partial charge in [-0.3, -0.25) is 4.79 Å². The number of benzene rings is 1. The van der Waals surface area contributed by atoms with Gasteiger partial charge in [0.15, 0.2) is 17.4 Å². The zero-order valence-electron chi connectivity index (χ0n) is 9.12. The lowest BCUT2D eigenvalue weighted by atomic mass is 10.2. The SMILES string of the molecule is COC(=O)Oc1c[nH]c2cc(F)c(F)cc2c1=O. The van der Waals surface area contributed by atoms with Crippen LogP contribution in [0.3, 0.4) is 0 Å². The quantitative estimate of drug-likeness (QED) is 0.791. The summed E-state index contributed by atoms with van der Waals surface area (Å²) >= 11 is 0. The molecule has 2 rings (SSSR count). The van der Waals surface area contributed by atoms with Crippen molar-refractivity contribution in [1.29, 1.82) is 0 Å². The Kier molecular flexibility index (Phi) is 2.97. The van der Waals surface area contributed by atoms with Gasteiger partial charge in [0.05, 0.1) is 18.0 Å². The second kappa shape index (κ2) is 4.44. The van der Waals surface area contributed by atoms with Crippen LogP contribution in [0.2, 0.25) is 0 Å². The first-order chi connectivity index (χ1) is 8.52. The van der Waals surface area contributed by atoms with Crippen molar-refractivity contribution in [3.8, 4) is 5.75 Å². The third-order valence-corrected chi connectivity index (χ3v) is 2.25. The van der Waals surface area contributed by atoms with E-state index in [4.69, 9.17) is 0 Å². The van der Waals surface area contributed by atoms with E-state index in [1.54, 1.807) is 0 Å². The fourth-order valence-electron chi connectivity index (χ4n) is 1.40. The molecule has 0 aliphatic heterocycles. The Hall–Kier alpha value is -2.44. The number of hydrogen-bond acceptors (Lipinski definition) is 4. The van der Waals surface area contributed by atoms with Crippen LogP contribution in [0.15, 0.2) is 23.1 Å². The van der Waals surface area contributed by atoms with Gasteiger partial charge in [0.25, 0.3) is 0 Å². The maximum absolute atomic E-state index is 13.0. The lowest BCUT2D eigenvalue weighted by Crippen LogP contribution is -2.15. The van der Waals surface area contributed by atoms with Crippen LogP contribution in [0.25, 0.3) is 10.9 Å². The lowest BCUT2D eigenvalue weighted by molar-refractivity contribution is 0.121. The monoisotopic (exact) mass is 255 g/mol. The number of aromatic amines is 1. The smallest absolute Gasteiger partial charge is 0.437 e. The summed E-state index contributed by atoms with van der Waals surface area (Å²) in [7, 11) is 1.08. The zero-order valence-corrected chi connectivity index (χ0v) is 9.12. The molecular formula is C11H7F2NO4. The van der Waals surface area contributed by atoms with Crippen LogP contribution in [0.5, 0.6) is 5.75 Å². The Balaban J connectivity index is 2.60. The average molecular weight is 255 g/mol. The van der Waals surface area contributed by atoms with Crippen LogP contribution in [0.1, 0.15) is 0 Å². The molecule has 0 fully saturated rings. The molecule has 0 saturated heterocycles. The van der Waals surface area contributed by atoms with Gasteiger partial charge >= 0.3 is 6.16 Å². The summed E-state index contributed by atoms with van der Waals surface area (Å²) in [6.07, 6.45) is -0.0127. The van der Waals surface area contributed by atoms with Crippen LogP contribution >= 0.6 is 0 Å². The van der Waals surface area contributed by atoms with E-state index in [1.807, 2.05) is 0 Å². The molecule has 0 aliphatic rings. The van der Waals surface area contributed by atoms with Crippen molar-refractivity contribution in [1.82, 2.24) is 4.98 Å². The molecule has 1 aromatic carbocycles. The van der Waals surface area contributed by atoms with Gasteiger partial charge in [-0.05, 0) is 6.07 Å². The average Bonchev–Trinajstić information content (AvgIpc) is 2.35. The van der Waals surface area contributed by atoms with E-state index < -0.39 is 23.2 Å².